The van der Waals surface area contributed by atoms with Crippen LogP contribution in [0.15, 0.2) is 59.8 Å². The van der Waals surface area contributed by atoms with Crippen molar-refractivity contribution >= 4 is 27.5 Å². The molecule has 0 aliphatic carbocycles. The lowest BCUT2D eigenvalue weighted by Gasteiger charge is -2.04. The predicted octanol–water partition coefficient (Wildman–Crippen LogP) is 2.14. The summed E-state index contributed by atoms with van der Waals surface area (Å²) in [5, 5.41) is 2.61. The summed E-state index contributed by atoms with van der Waals surface area (Å²) >= 11 is 0. The number of pyridine rings is 1. The van der Waals surface area contributed by atoms with Crippen LogP contribution in [0.4, 0.5) is 5.69 Å². The van der Waals surface area contributed by atoms with Gasteiger partial charge in [-0.2, -0.15) is 0 Å². The topological polar surface area (TPSA) is 76.1 Å². The van der Waals surface area contributed by atoms with E-state index in [2.05, 4.69) is 10.3 Å². The lowest BCUT2D eigenvalue weighted by Crippen LogP contribution is -2.08. The average Bonchev–Trinajstić information content (AvgIpc) is 2.46. The zero-order valence-electron chi connectivity index (χ0n) is 11.4. The molecule has 1 amide bonds. The van der Waals surface area contributed by atoms with Crippen molar-refractivity contribution in [2.24, 2.45) is 0 Å². The largest absolute Gasteiger partial charge is 0.322 e. The molecular formula is C15H14N2O3S. The van der Waals surface area contributed by atoms with Crippen LogP contribution >= 0.6 is 0 Å². The van der Waals surface area contributed by atoms with Crippen LogP contribution in [0.5, 0.6) is 0 Å². The number of anilines is 1. The van der Waals surface area contributed by atoms with E-state index in [1.807, 2.05) is 6.07 Å². The number of rotatable bonds is 4. The molecule has 1 aromatic carbocycles. The molecule has 0 aliphatic rings. The fourth-order valence-corrected chi connectivity index (χ4v) is 2.30. The molecule has 1 heterocycles. The fourth-order valence-electron chi connectivity index (χ4n) is 1.63. The fraction of sp³-hybridized carbons (Fsp3) is 0.0667. The van der Waals surface area contributed by atoms with Crippen molar-refractivity contribution in [2.75, 3.05) is 11.6 Å². The zero-order valence-corrected chi connectivity index (χ0v) is 12.2. The summed E-state index contributed by atoms with van der Waals surface area (Å²) in [5.74, 6) is -0.343. The Bertz CT molecular complexity index is 769. The van der Waals surface area contributed by atoms with Gasteiger partial charge in [-0.15, -0.1) is 0 Å². The zero-order chi connectivity index (χ0) is 15.3. The van der Waals surface area contributed by atoms with E-state index in [9.17, 15) is 13.2 Å². The van der Waals surface area contributed by atoms with E-state index in [0.29, 0.717) is 5.69 Å². The number of aromatic nitrogens is 1. The molecular weight excluding hydrogens is 288 g/mol. The molecule has 2 rings (SSSR count). The lowest BCUT2D eigenvalue weighted by molar-refractivity contribution is -0.111. The third-order valence-electron chi connectivity index (χ3n) is 2.64. The van der Waals surface area contributed by atoms with Gasteiger partial charge < -0.3 is 5.32 Å². The molecule has 2 aromatic rings. The number of carbonyl (C=O) groups excluding carboxylic acids is 1. The Hall–Kier alpha value is -2.47. The van der Waals surface area contributed by atoms with E-state index in [1.54, 1.807) is 36.7 Å². The Morgan fingerprint density at radius 3 is 2.71 bits per heavy atom. The Balaban J connectivity index is 2.08. The van der Waals surface area contributed by atoms with Gasteiger partial charge in [0.25, 0.3) is 0 Å². The molecule has 0 radical (unpaired) electrons. The Kier molecular flexibility index (Phi) is 4.49. The summed E-state index contributed by atoms with van der Waals surface area (Å²) in [6.07, 6.45) is 7.39. The summed E-state index contributed by atoms with van der Waals surface area (Å²) in [4.78, 5) is 15.9. The van der Waals surface area contributed by atoms with Crippen LogP contribution in [-0.4, -0.2) is 25.6 Å². The normalized spacial score (nSPS) is 11.5. The first-order valence-electron chi connectivity index (χ1n) is 6.14. The van der Waals surface area contributed by atoms with E-state index < -0.39 is 9.84 Å². The first-order valence-corrected chi connectivity index (χ1v) is 8.03. The number of sulfone groups is 1. The summed E-state index contributed by atoms with van der Waals surface area (Å²) < 4.78 is 22.9. The van der Waals surface area contributed by atoms with Gasteiger partial charge in [0, 0.05) is 30.4 Å². The number of nitrogens with one attached hydrogen (secondary N) is 1. The highest BCUT2D eigenvalue weighted by Gasteiger charge is 2.07. The monoisotopic (exact) mass is 302 g/mol. The molecule has 1 aromatic heterocycles. The first kappa shape index (κ1) is 14.9. The van der Waals surface area contributed by atoms with E-state index in [0.717, 1.165) is 11.8 Å². The van der Waals surface area contributed by atoms with Crippen molar-refractivity contribution in [3.05, 3.63) is 60.4 Å². The van der Waals surface area contributed by atoms with Gasteiger partial charge in [-0.3, -0.25) is 9.78 Å². The molecule has 0 fully saturated rings. The summed E-state index contributed by atoms with van der Waals surface area (Å²) in [6, 6.07) is 9.71. The van der Waals surface area contributed by atoms with Crippen molar-refractivity contribution in [1.29, 1.82) is 0 Å². The maximum atomic E-state index is 11.8. The predicted molar refractivity (Wildman–Crippen MR) is 81.5 cm³/mol. The highest BCUT2D eigenvalue weighted by molar-refractivity contribution is 7.90. The molecule has 0 aliphatic heterocycles. The smallest absolute Gasteiger partial charge is 0.248 e. The highest BCUT2D eigenvalue weighted by atomic mass is 32.2. The van der Waals surface area contributed by atoms with Gasteiger partial charge in [0.2, 0.25) is 5.91 Å². The van der Waals surface area contributed by atoms with Crippen LogP contribution in [0, 0.1) is 0 Å². The quantitative estimate of drug-likeness (QED) is 0.878. The van der Waals surface area contributed by atoms with Crippen molar-refractivity contribution in [1.82, 2.24) is 4.98 Å². The third-order valence-corrected chi connectivity index (χ3v) is 3.75. The first-order chi connectivity index (χ1) is 9.95. The number of hydrogen-bond acceptors (Lipinski definition) is 4. The second kappa shape index (κ2) is 6.32. The summed E-state index contributed by atoms with van der Waals surface area (Å²) in [5.41, 5.74) is 1.23. The highest BCUT2D eigenvalue weighted by Crippen LogP contribution is 2.15. The minimum absolute atomic E-state index is 0.163. The van der Waals surface area contributed by atoms with E-state index in [1.165, 1.54) is 18.2 Å². The van der Waals surface area contributed by atoms with Crippen molar-refractivity contribution in [2.45, 2.75) is 4.90 Å². The van der Waals surface area contributed by atoms with Crippen molar-refractivity contribution < 1.29 is 13.2 Å². The number of hydrogen-bond donors (Lipinski definition) is 1. The Morgan fingerprint density at radius 2 is 2.05 bits per heavy atom. The molecule has 5 nitrogen and oxygen atoms in total. The summed E-state index contributed by atoms with van der Waals surface area (Å²) in [6.45, 7) is 0. The van der Waals surface area contributed by atoms with Crippen LogP contribution in [0.3, 0.4) is 0 Å². The van der Waals surface area contributed by atoms with Gasteiger partial charge in [0.1, 0.15) is 0 Å². The maximum Gasteiger partial charge on any atom is 0.248 e. The minimum atomic E-state index is -3.29. The van der Waals surface area contributed by atoms with Crippen molar-refractivity contribution in [3.8, 4) is 0 Å². The molecule has 0 unspecified atom stereocenters. The molecule has 0 saturated heterocycles. The maximum absolute atomic E-state index is 11.8. The molecule has 0 spiro atoms. The van der Waals surface area contributed by atoms with E-state index in [4.69, 9.17) is 0 Å². The van der Waals surface area contributed by atoms with Gasteiger partial charge in [0.05, 0.1) is 4.90 Å². The Labute approximate surface area is 123 Å². The van der Waals surface area contributed by atoms with E-state index >= 15 is 0 Å². The standard InChI is InChI=1S/C15H14N2O3S/c1-21(19,20)14-6-2-5-13(10-14)17-15(18)8-7-12-4-3-9-16-11-12/h2-11H,1H3,(H,17,18)/b8-7+. The molecule has 0 bridgehead atoms. The third kappa shape index (κ3) is 4.54. The lowest BCUT2D eigenvalue weighted by atomic mass is 10.2. The molecule has 0 saturated carbocycles. The molecule has 6 heteroatoms. The van der Waals surface area contributed by atoms with E-state index in [-0.39, 0.29) is 10.8 Å². The Morgan fingerprint density at radius 1 is 1.24 bits per heavy atom. The van der Waals surface area contributed by atoms with Gasteiger partial charge in [-0.05, 0) is 35.9 Å². The van der Waals surface area contributed by atoms with Crippen LogP contribution in [-0.2, 0) is 14.6 Å². The van der Waals surface area contributed by atoms with Gasteiger partial charge in [0.15, 0.2) is 9.84 Å². The molecule has 0 atom stereocenters. The molecule has 21 heavy (non-hydrogen) atoms. The summed E-state index contributed by atoms with van der Waals surface area (Å²) in [7, 11) is -3.29. The van der Waals surface area contributed by atoms with Gasteiger partial charge in [-0.1, -0.05) is 12.1 Å². The number of nitrogens with zero attached hydrogens (tertiary/aromatic N) is 1. The SMILES string of the molecule is CS(=O)(=O)c1cccc(NC(=O)/C=C/c2cccnc2)c1. The van der Waals surface area contributed by atoms with Crippen molar-refractivity contribution in [3.63, 3.8) is 0 Å². The minimum Gasteiger partial charge on any atom is -0.322 e. The van der Waals surface area contributed by atoms with Crippen LogP contribution in [0.25, 0.3) is 6.08 Å². The number of amides is 1. The van der Waals surface area contributed by atoms with Gasteiger partial charge >= 0.3 is 0 Å². The second-order valence-electron chi connectivity index (χ2n) is 4.41. The average molecular weight is 302 g/mol. The van der Waals surface area contributed by atoms with Gasteiger partial charge in [-0.25, -0.2) is 8.42 Å². The van der Waals surface area contributed by atoms with Crippen LogP contribution < -0.4 is 5.32 Å². The molecule has 108 valence electrons. The van der Waals surface area contributed by atoms with Crippen LogP contribution in [0.2, 0.25) is 0 Å². The number of benzene rings is 1. The number of carbonyl (C=O) groups is 1. The second-order valence-corrected chi connectivity index (χ2v) is 6.42. The van der Waals surface area contributed by atoms with Crippen LogP contribution in [0.1, 0.15) is 5.56 Å². The molecule has 1 N–H and O–H groups in total.